The lowest BCUT2D eigenvalue weighted by Gasteiger charge is -2.35. The van der Waals surface area contributed by atoms with Crippen molar-refractivity contribution in [3.05, 3.63) is 30.0 Å². The number of ether oxygens (including phenoxy) is 1. The third-order valence-electron chi connectivity index (χ3n) is 4.05. The van der Waals surface area contributed by atoms with E-state index in [2.05, 4.69) is 15.6 Å². The van der Waals surface area contributed by atoms with Gasteiger partial charge in [0.15, 0.2) is 0 Å². The van der Waals surface area contributed by atoms with Crippen molar-refractivity contribution >= 4 is 28.5 Å². The highest BCUT2D eigenvalue weighted by molar-refractivity contribution is 5.99. The molecule has 0 saturated carbocycles. The first-order valence-corrected chi connectivity index (χ1v) is 8.02. The molecular formula is C17H22N4O3. The van der Waals surface area contributed by atoms with Crippen LogP contribution in [-0.4, -0.2) is 54.2 Å². The topological polar surface area (TPSA) is 86.5 Å². The molecule has 0 spiro atoms. The zero-order valence-corrected chi connectivity index (χ0v) is 14.1. The number of nitrogens with one attached hydrogen (secondary N) is 3. The molecule has 3 rings (SSSR count). The zero-order valence-electron chi connectivity index (χ0n) is 14.1. The number of amides is 3. The lowest BCUT2D eigenvalue weighted by molar-refractivity contribution is -0.0530. The van der Waals surface area contributed by atoms with Crippen LogP contribution in [0.25, 0.3) is 10.9 Å². The average molecular weight is 330 g/mol. The van der Waals surface area contributed by atoms with Crippen LogP contribution in [0, 0.1) is 0 Å². The Balaban J connectivity index is 1.75. The molecule has 24 heavy (non-hydrogen) atoms. The van der Waals surface area contributed by atoms with Gasteiger partial charge in [-0.3, -0.25) is 4.79 Å². The second-order valence-corrected chi connectivity index (χ2v) is 6.16. The molecule has 2 aromatic rings. The fourth-order valence-corrected chi connectivity index (χ4v) is 3.01. The molecule has 0 unspecified atom stereocenters. The highest BCUT2D eigenvalue weighted by atomic mass is 16.5. The molecule has 3 N–H and O–H groups in total. The molecule has 7 heteroatoms. The minimum Gasteiger partial charge on any atom is -0.372 e. The molecule has 7 nitrogen and oxygen atoms in total. The van der Waals surface area contributed by atoms with Crippen molar-refractivity contribution in [1.82, 2.24) is 15.2 Å². The molecule has 3 amide bonds. The Morgan fingerprint density at radius 2 is 1.92 bits per heavy atom. The number of urea groups is 1. The summed E-state index contributed by atoms with van der Waals surface area (Å²) in [6.45, 7) is 5.07. The number of benzene rings is 1. The third-order valence-corrected chi connectivity index (χ3v) is 4.05. The smallest absolute Gasteiger partial charge is 0.322 e. The molecule has 0 bridgehead atoms. The highest BCUT2D eigenvalue weighted by Crippen LogP contribution is 2.21. The SMILES string of the molecule is CNC(=O)c1cc2cc(NC(=O)N3C[C@H](C)O[C@@H](C)C3)ccc2[nH]1. The molecule has 1 aromatic heterocycles. The maximum Gasteiger partial charge on any atom is 0.322 e. The molecule has 1 aromatic carbocycles. The predicted molar refractivity (Wildman–Crippen MR) is 92.3 cm³/mol. The average Bonchev–Trinajstić information content (AvgIpc) is 2.96. The van der Waals surface area contributed by atoms with Crippen molar-refractivity contribution in [3.63, 3.8) is 0 Å². The second-order valence-electron chi connectivity index (χ2n) is 6.16. The van der Waals surface area contributed by atoms with Crippen LogP contribution in [0.2, 0.25) is 0 Å². The number of morpholine rings is 1. The van der Waals surface area contributed by atoms with Crippen LogP contribution in [0.1, 0.15) is 24.3 Å². The Morgan fingerprint density at radius 3 is 2.58 bits per heavy atom. The number of aromatic nitrogens is 1. The third kappa shape index (κ3) is 3.35. The van der Waals surface area contributed by atoms with Gasteiger partial charge in [-0.25, -0.2) is 4.79 Å². The lowest BCUT2D eigenvalue weighted by Crippen LogP contribution is -2.49. The first kappa shape index (κ1) is 16.3. The maximum atomic E-state index is 12.4. The van der Waals surface area contributed by atoms with E-state index in [1.165, 1.54) is 0 Å². The van der Waals surface area contributed by atoms with Crippen molar-refractivity contribution in [2.75, 3.05) is 25.5 Å². The number of carbonyl (C=O) groups excluding carboxylic acids is 2. The second kappa shape index (κ2) is 6.52. The van der Waals surface area contributed by atoms with Crippen molar-refractivity contribution in [2.24, 2.45) is 0 Å². The first-order valence-electron chi connectivity index (χ1n) is 8.02. The summed E-state index contributed by atoms with van der Waals surface area (Å²) in [4.78, 5) is 28.9. The van der Waals surface area contributed by atoms with Gasteiger partial charge in [-0.1, -0.05) is 0 Å². The van der Waals surface area contributed by atoms with E-state index in [9.17, 15) is 9.59 Å². The van der Waals surface area contributed by atoms with Crippen molar-refractivity contribution < 1.29 is 14.3 Å². The minimum absolute atomic E-state index is 0.0294. The number of anilines is 1. The fourth-order valence-electron chi connectivity index (χ4n) is 3.01. The fraction of sp³-hybridized carbons (Fsp3) is 0.412. The molecule has 2 atom stereocenters. The van der Waals surface area contributed by atoms with Gasteiger partial charge in [-0.05, 0) is 38.1 Å². The molecule has 1 saturated heterocycles. The minimum atomic E-state index is -0.173. The van der Waals surface area contributed by atoms with Crippen molar-refractivity contribution in [3.8, 4) is 0 Å². The summed E-state index contributed by atoms with van der Waals surface area (Å²) in [7, 11) is 1.59. The molecule has 1 fully saturated rings. The monoisotopic (exact) mass is 330 g/mol. The molecule has 128 valence electrons. The van der Waals surface area contributed by atoms with Crippen LogP contribution < -0.4 is 10.6 Å². The maximum absolute atomic E-state index is 12.4. The first-order chi connectivity index (χ1) is 11.5. The van der Waals surface area contributed by atoms with Gasteiger partial charge in [0.2, 0.25) is 0 Å². The number of hydrogen-bond donors (Lipinski definition) is 3. The van der Waals surface area contributed by atoms with Crippen LogP contribution in [0.15, 0.2) is 24.3 Å². The van der Waals surface area contributed by atoms with Crippen LogP contribution in [0.3, 0.4) is 0 Å². The molecular weight excluding hydrogens is 308 g/mol. The molecule has 0 aliphatic carbocycles. The predicted octanol–water partition coefficient (Wildman–Crippen LogP) is 2.17. The summed E-state index contributed by atoms with van der Waals surface area (Å²) >= 11 is 0. The van der Waals surface area contributed by atoms with Gasteiger partial charge in [0.1, 0.15) is 5.69 Å². The van der Waals surface area contributed by atoms with E-state index in [0.717, 1.165) is 10.9 Å². The van der Waals surface area contributed by atoms with Crippen LogP contribution in [0.5, 0.6) is 0 Å². The Hall–Kier alpha value is -2.54. The van der Waals surface area contributed by atoms with E-state index in [0.29, 0.717) is 24.5 Å². The van der Waals surface area contributed by atoms with Gasteiger partial charge in [-0.15, -0.1) is 0 Å². The standard InChI is InChI=1S/C17H22N4O3/c1-10-8-21(9-11(2)24-10)17(23)19-13-4-5-14-12(6-13)7-15(20-14)16(22)18-3/h4-7,10-11,20H,8-9H2,1-3H3,(H,18,22)(H,19,23)/t10-,11-/m0/s1. The number of aromatic amines is 1. The van der Waals surface area contributed by atoms with Gasteiger partial charge in [-0.2, -0.15) is 0 Å². The molecule has 1 aliphatic heterocycles. The molecule has 1 aliphatic rings. The normalized spacial score (nSPS) is 20.9. The number of carbonyl (C=O) groups is 2. The number of hydrogen-bond acceptors (Lipinski definition) is 3. The Bertz CT molecular complexity index is 760. The van der Waals surface area contributed by atoms with Gasteiger partial charge in [0.25, 0.3) is 5.91 Å². The number of fused-ring (bicyclic) bond motifs is 1. The Kier molecular flexibility index (Phi) is 4.44. The molecule has 0 radical (unpaired) electrons. The van der Waals surface area contributed by atoms with E-state index in [-0.39, 0.29) is 24.1 Å². The summed E-state index contributed by atoms with van der Waals surface area (Å²) in [5, 5.41) is 6.37. The van der Waals surface area contributed by atoms with Gasteiger partial charge in [0, 0.05) is 36.7 Å². The Labute approximate surface area is 140 Å². The number of H-pyrrole nitrogens is 1. The van der Waals surface area contributed by atoms with Crippen LogP contribution >= 0.6 is 0 Å². The molecule has 2 heterocycles. The van der Waals surface area contributed by atoms with Crippen molar-refractivity contribution in [1.29, 1.82) is 0 Å². The largest absolute Gasteiger partial charge is 0.372 e. The van der Waals surface area contributed by atoms with Crippen LogP contribution in [0.4, 0.5) is 10.5 Å². The van der Waals surface area contributed by atoms with E-state index < -0.39 is 0 Å². The Morgan fingerprint density at radius 1 is 1.21 bits per heavy atom. The summed E-state index contributed by atoms with van der Waals surface area (Å²) in [5.41, 5.74) is 2.04. The van der Waals surface area contributed by atoms with E-state index in [1.54, 1.807) is 18.0 Å². The lowest BCUT2D eigenvalue weighted by atomic mass is 10.2. The van der Waals surface area contributed by atoms with E-state index in [1.807, 2.05) is 32.0 Å². The number of nitrogens with zero attached hydrogens (tertiary/aromatic N) is 1. The zero-order chi connectivity index (χ0) is 17.3. The van der Waals surface area contributed by atoms with Gasteiger partial charge < -0.3 is 25.3 Å². The number of rotatable bonds is 2. The summed E-state index contributed by atoms with van der Waals surface area (Å²) in [6, 6.07) is 7.14. The summed E-state index contributed by atoms with van der Waals surface area (Å²) in [6.07, 6.45) is 0.0588. The van der Waals surface area contributed by atoms with Crippen LogP contribution in [-0.2, 0) is 4.74 Å². The summed E-state index contributed by atoms with van der Waals surface area (Å²) in [5.74, 6) is -0.173. The van der Waals surface area contributed by atoms with Gasteiger partial charge >= 0.3 is 6.03 Å². The van der Waals surface area contributed by atoms with E-state index >= 15 is 0 Å². The summed E-state index contributed by atoms with van der Waals surface area (Å²) < 4.78 is 5.65. The highest BCUT2D eigenvalue weighted by Gasteiger charge is 2.25. The van der Waals surface area contributed by atoms with Crippen molar-refractivity contribution in [2.45, 2.75) is 26.1 Å². The van der Waals surface area contributed by atoms with E-state index in [4.69, 9.17) is 4.74 Å². The quantitative estimate of drug-likeness (QED) is 0.789. The van der Waals surface area contributed by atoms with Gasteiger partial charge in [0.05, 0.1) is 12.2 Å².